The fraction of sp³-hybridized carbons (Fsp3) is 0.222. The molecule has 1 amide bonds. The van der Waals surface area contributed by atoms with Crippen molar-refractivity contribution in [3.63, 3.8) is 0 Å². The molecule has 0 bridgehead atoms. The van der Waals surface area contributed by atoms with Crippen molar-refractivity contribution in [2.24, 2.45) is 0 Å². The molecule has 0 spiro atoms. The zero-order valence-corrected chi connectivity index (χ0v) is 13.3. The maximum atomic E-state index is 12.5. The van der Waals surface area contributed by atoms with E-state index in [0.29, 0.717) is 24.2 Å². The summed E-state index contributed by atoms with van der Waals surface area (Å²) < 4.78 is 0. The third-order valence-electron chi connectivity index (χ3n) is 4.26. The number of carbonyl (C=O) groups is 2. The molecule has 2 aromatic rings. The number of amides is 1. The van der Waals surface area contributed by atoms with E-state index in [9.17, 15) is 24.8 Å². The number of nitro groups is 1. The van der Waals surface area contributed by atoms with Gasteiger partial charge in [0.1, 0.15) is 0 Å². The van der Waals surface area contributed by atoms with E-state index in [2.05, 4.69) is 0 Å². The fourth-order valence-electron chi connectivity index (χ4n) is 2.99. The zero-order valence-electron chi connectivity index (χ0n) is 13.3. The smallest absolute Gasteiger partial charge is 0.336 e. The van der Waals surface area contributed by atoms with E-state index in [1.165, 1.54) is 12.1 Å². The standard InChI is InChI=1S/C18H16N2O5/c21-17(19-8-1-2-9-19)13-5-3-4-12(10-13)16-11-14(20(24)25)6-7-15(16)18(22)23/h3-7,10-11H,1-2,8-9H2,(H,22,23). The van der Waals surface area contributed by atoms with Crippen LogP contribution in [-0.4, -0.2) is 39.9 Å². The number of carbonyl (C=O) groups excluding carboxylic acids is 1. The highest BCUT2D eigenvalue weighted by molar-refractivity contribution is 5.99. The molecule has 0 aliphatic carbocycles. The number of benzene rings is 2. The van der Waals surface area contributed by atoms with Gasteiger partial charge >= 0.3 is 5.97 Å². The van der Waals surface area contributed by atoms with Crippen LogP contribution in [0.3, 0.4) is 0 Å². The lowest BCUT2D eigenvalue weighted by Gasteiger charge is -2.16. The van der Waals surface area contributed by atoms with Crippen LogP contribution in [-0.2, 0) is 0 Å². The summed E-state index contributed by atoms with van der Waals surface area (Å²) in [7, 11) is 0. The van der Waals surface area contributed by atoms with Gasteiger partial charge in [-0.2, -0.15) is 0 Å². The van der Waals surface area contributed by atoms with Crippen molar-refractivity contribution in [2.75, 3.05) is 13.1 Å². The monoisotopic (exact) mass is 340 g/mol. The van der Waals surface area contributed by atoms with Crippen LogP contribution in [0.15, 0.2) is 42.5 Å². The predicted octanol–water partition coefficient (Wildman–Crippen LogP) is 3.20. The Labute approximate surface area is 143 Å². The van der Waals surface area contributed by atoms with E-state index in [-0.39, 0.29) is 22.7 Å². The van der Waals surface area contributed by atoms with Crippen molar-refractivity contribution in [1.29, 1.82) is 0 Å². The number of nitro benzene ring substituents is 1. The van der Waals surface area contributed by atoms with Gasteiger partial charge in [-0.3, -0.25) is 14.9 Å². The maximum Gasteiger partial charge on any atom is 0.336 e. The first kappa shape index (κ1) is 16.6. The average molecular weight is 340 g/mol. The minimum absolute atomic E-state index is 0.0450. The molecule has 0 radical (unpaired) electrons. The molecule has 1 N–H and O–H groups in total. The lowest BCUT2D eigenvalue weighted by atomic mass is 9.97. The Morgan fingerprint density at radius 1 is 1.08 bits per heavy atom. The number of nitrogens with zero attached hydrogens (tertiary/aromatic N) is 2. The molecule has 128 valence electrons. The molecule has 0 aromatic heterocycles. The van der Waals surface area contributed by atoms with Gasteiger partial charge in [-0.25, -0.2) is 4.79 Å². The van der Waals surface area contributed by atoms with Crippen LogP contribution in [0.5, 0.6) is 0 Å². The summed E-state index contributed by atoms with van der Waals surface area (Å²) >= 11 is 0. The van der Waals surface area contributed by atoms with Crippen LogP contribution in [0.2, 0.25) is 0 Å². The number of non-ortho nitro benzene ring substituents is 1. The largest absolute Gasteiger partial charge is 0.478 e. The maximum absolute atomic E-state index is 12.5. The van der Waals surface area contributed by atoms with Crippen molar-refractivity contribution < 1.29 is 19.6 Å². The van der Waals surface area contributed by atoms with E-state index in [1.54, 1.807) is 29.2 Å². The summed E-state index contributed by atoms with van der Waals surface area (Å²) in [5, 5.41) is 20.4. The predicted molar refractivity (Wildman–Crippen MR) is 90.6 cm³/mol. The van der Waals surface area contributed by atoms with Crippen molar-refractivity contribution in [3.05, 3.63) is 63.7 Å². The molecule has 1 heterocycles. The highest BCUT2D eigenvalue weighted by Gasteiger charge is 2.21. The van der Waals surface area contributed by atoms with Crippen molar-refractivity contribution >= 4 is 17.6 Å². The lowest BCUT2D eigenvalue weighted by Crippen LogP contribution is -2.27. The molecule has 1 aliphatic rings. The highest BCUT2D eigenvalue weighted by Crippen LogP contribution is 2.29. The highest BCUT2D eigenvalue weighted by atomic mass is 16.6. The first-order valence-corrected chi connectivity index (χ1v) is 7.89. The van der Waals surface area contributed by atoms with Gasteiger partial charge in [-0.15, -0.1) is 0 Å². The van der Waals surface area contributed by atoms with Gasteiger partial charge in [-0.1, -0.05) is 12.1 Å². The molecular weight excluding hydrogens is 324 g/mol. The Hall–Kier alpha value is -3.22. The molecule has 7 nitrogen and oxygen atoms in total. The number of rotatable bonds is 4. The Morgan fingerprint density at radius 3 is 2.44 bits per heavy atom. The Morgan fingerprint density at radius 2 is 1.80 bits per heavy atom. The molecule has 1 saturated heterocycles. The Bertz CT molecular complexity index is 856. The van der Waals surface area contributed by atoms with Crippen LogP contribution < -0.4 is 0 Å². The van der Waals surface area contributed by atoms with Gasteiger partial charge in [0.25, 0.3) is 11.6 Å². The van der Waals surface area contributed by atoms with Gasteiger partial charge in [0.15, 0.2) is 0 Å². The van der Waals surface area contributed by atoms with Gasteiger partial charge < -0.3 is 10.0 Å². The van der Waals surface area contributed by atoms with E-state index in [4.69, 9.17) is 0 Å². The second kappa shape index (κ2) is 6.72. The molecule has 1 fully saturated rings. The summed E-state index contributed by atoms with van der Waals surface area (Å²) in [6, 6.07) is 10.2. The summed E-state index contributed by atoms with van der Waals surface area (Å²) in [4.78, 5) is 36.2. The molecule has 0 atom stereocenters. The quantitative estimate of drug-likeness (QED) is 0.680. The fourth-order valence-corrected chi connectivity index (χ4v) is 2.99. The minimum Gasteiger partial charge on any atom is -0.478 e. The van der Waals surface area contributed by atoms with Gasteiger partial charge in [0, 0.05) is 36.3 Å². The van der Waals surface area contributed by atoms with Gasteiger partial charge in [0.05, 0.1) is 10.5 Å². The number of likely N-dealkylation sites (tertiary alicyclic amines) is 1. The van der Waals surface area contributed by atoms with Gasteiger partial charge in [-0.05, 0) is 36.6 Å². The molecular formula is C18H16N2O5. The first-order chi connectivity index (χ1) is 12.0. The number of hydrogen-bond acceptors (Lipinski definition) is 4. The number of carboxylic acid groups (broad SMARTS) is 1. The van der Waals surface area contributed by atoms with Crippen molar-refractivity contribution in [1.82, 2.24) is 4.90 Å². The molecule has 0 saturated carbocycles. The molecule has 3 rings (SSSR count). The lowest BCUT2D eigenvalue weighted by molar-refractivity contribution is -0.384. The van der Waals surface area contributed by atoms with Crippen LogP contribution in [0, 0.1) is 10.1 Å². The van der Waals surface area contributed by atoms with Crippen LogP contribution in [0.4, 0.5) is 5.69 Å². The van der Waals surface area contributed by atoms with Crippen LogP contribution >= 0.6 is 0 Å². The topological polar surface area (TPSA) is 101 Å². The summed E-state index contributed by atoms with van der Waals surface area (Å²) in [5.41, 5.74) is 0.888. The first-order valence-electron chi connectivity index (χ1n) is 7.89. The van der Waals surface area contributed by atoms with E-state index >= 15 is 0 Å². The third-order valence-corrected chi connectivity index (χ3v) is 4.26. The van der Waals surface area contributed by atoms with Crippen molar-refractivity contribution in [2.45, 2.75) is 12.8 Å². The van der Waals surface area contributed by atoms with Crippen LogP contribution in [0.25, 0.3) is 11.1 Å². The third kappa shape index (κ3) is 3.35. The molecule has 2 aromatic carbocycles. The SMILES string of the molecule is O=C(O)c1ccc([N+](=O)[O-])cc1-c1cccc(C(=O)N2CCCC2)c1. The summed E-state index contributed by atoms with van der Waals surface area (Å²) in [5.74, 6) is -1.29. The number of aromatic carboxylic acids is 1. The van der Waals surface area contributed by atoms with Crippen LogP contribution in [0.1, 0.15) is 33.6 Å². The number of carboxylic acids is 1. The number of hydrogen-bond donors (Lipinski definition) is 1. The van der Waals surface area contributed by atoms with E-state index in [0.717, 1.165) is 18.9 Å². The Kier molecular flexibility index (Phi) is 4.47. The molecule has 1 aliphatic heterocycles. The van der Waals surface area contributed by atoms with Gasteiger partial charge in [0.2, 0.25) is 0 Å². The second-order valence-electron chi connectivity index (χ2n) is 5.87. The normalized spacial score (nSPS) is 13.7. The molecule has 0 unspecified atom stereocenters. The zero-order chi connectivity index (χ0) is 18.0. The summed E-state index contributed by atoms with van der Waals surface area (Å²) in [6.45, 7) is 1.42. The molecule has 25 heavy (non-hydrogen) atoms. The van der Waals surface area contributed by atoms with E-state index in [1.807, 2.05) is 0 Å². The molecule has 7 heteroatoms. The Balaban J connectivity index is 2.05. The van der Waals surface area contributed by atoms with E-state index < -0.39 is 10.9 Å². The average Bonchev–Trinajstić information content (AvgIpc) is 3.15. The van der Waals surface area contributed by atoms with Crippen molar-refractivity contribution in [3.8, 4) is 11.1 Å². The summed E-state index contributed by atoms with van der Waals surface area (Å²) in [6.07, 6.45) is 1.94. The minimum atomic E-state index is -1.18. The second-order valence-corrected chi connectivity index (χ2v) is 5.87.